The van der Waals surface area contributed by atoms with Crippen LogP contribution in [0.25, 0.3) is 10.9 Å². The van der Waals surface area contributed by atoms with E-state index in [4.69, 9.17) is 9.47 Å². The monoisotopic (exact) mass is 459 g/mol. The number of rotatable bonds is 8. The van der Waals surface area contributed by atoms with E-state index in [1.54, 1.807) is 26.4 Å². The lowest BCUT2D eigenvalue weighted by atomic mass is 10.1. The number of amides is 1. The highest BCUT2D eigenvalue weighted by molar-refractivity contribution is 9.10. The molecule has 0 bridgehead atoms. The molecular weight excluding hydrogens is 438 g/mol. The Morgan fingerprint density at radius 1 is 1.17 bits per heavy atom. The molecular formula is C21H22BrN3O4. The summed E-state index contributed by atoms with van der Waals surface area (Å²) in [4.78, 5) is 29.1. The molecule has 0 unspecified atom stereocenters. The van der Waals surface area contributed by atoms with Crippen LogP contribution in [0.2, 0.25) is 0 Å². The smallest absolute Gasteiger partial charge is 0.261 e. The van der Waals surface area contributed by atoms with Crippen molar-refractivity contribution in [3.8, 4) is 11.5 Å². The van der Waals surface area contributed by atoms with E-state index < -0.39 is 0 Å². The van der Waals surface area contributed by atoms with Gasteiger partial charge in [-0.25, -0.2) is 4.98 Å². The van der Waals surface area contributed by atoms with Gasteiger partial charge in [0, 0.05) is 24.0 Å². The van der Waals surface area contributed by atoms with Gasteiger partial charge < -0.3 is 14.8 Å². The highest BCUT2D eigenvalue weighted by Crippen LogP contribution is 2.24. The van der Waals surface area contributed by atoms with E-state index in [1.807, 2.05) is 24.3 Å². The first-order valence-electron chi connectivity index (χ1n) is 9.14. The van der Waals surface area contributed by atoms with Crippen molar-refractivity contribution in [2.75, 3.05) is 20.8 Å². The lowest BCUT2D eigenvalue weighted by molar-refractivity contribution is -0.121. The lowest BCUT2D eigenvalue weighted by Gasteiger charge is -2.11. The number of nitrogens with one attached hydrogen (secondary N) is 1. The van der Waals surface area contributed by atoms with Gasteiger partial charge in [-0.05, 0) is 48.4 Å². The van der Waals surface area contributed by atoms with Crippen LogP contribution in [-0.2, 0) is 17.8 Å². The molecule has 1 heterocycles. The van der Waals surface area contributed by atoms with Crippen LogP contribution in [0, 0.1) is 0 Å². The van der Waals surface area contributed by atoms with Crippen LogP contribution in [0.15, 0.2) is 52.0 Å². The Labute approximate surface area is 176 Å². The minimum Gasteiger partial charge on any atom is -0.497 e. The van der Waals surface area contributed by atoms with Crippen LogP contribution in [-0.4, -0.2) is 36.2 Å². The summed E-state index contributed by atoms with van der Waals surface area (Å²) in [6.45, 7) is 0.725. The van der Waals surface area contributed by atoms with Gasteiger partial charge in [0.15, 0.2) is 0 Å². The maximum Gasteiger partial charge on any atom is 0.261 e. The van der Waals surface area contributed by atoms with Gasteiger partial charge in [-0.2, -0.15) is 0 Å². The largest absolute Gasteiger partial charge is 0.497 e. The maximum atomic E-state index is 12.6. The fourth-order valence-electron chi connectivity index (χ4n) is 3.01. The van der Waals surface area contributed by atoms with Crippen molar-refractivity contribution < 1.29 is 14.3 Å². The quantitative estimate of drug-likeness (QED) is 0.559. The predicted molar refractivity (Wildman–Crippen MR) is 115 cm³/mol. The second kappa shape index (κ2) is 9.56. The molecule has 29 heavy (non-hydrogen) atoms. The first kappa shape index (κ1) is 20.9. The van der Waals surface area contributed by atoms with Crippen LogP contribution in [0.4, 0.5) is 0 Å². The minimum atomic E-state index is -0.162. The molecule has 0 aliphatic heterocycles. The molecule has 3 rings (SSSR count). The molecule has 152 valence electrons. The van der Waals surface area contributed by atoms with Gasteiger partial charge in [0.1, 0.15) is 11.5 Å². The maximum absolute atomic E-state index is 12.6. The van der Waals surface area contributed by atoms with Gasteiger partial charge in [-0.1, -0.05) is 15.9 Å². The number of carbonyl (C=O) groups is 1. The molecule has 1 N–H and O–H groups in total. The van der Waals surface area contributed by atoms with Crippen LogP contribution in [0.5, 0.6) is 11.5 Å². The zero-order chi connectivity index (χ0) is 20.8. The van der Waals surface area contributed by atoms with E-state index in [0.29, 0.717) is 23.9 Å². The Hall–Kier alpha value is -2.87. The molecule has 8 heteroatoms. The number of benzene rings is 2. The molecule has 0 saturated heterocycles. The summed E-state index contributed by atoms with van der Waals surface area (Å²) in [5.41, 5.74) is 1.42. The third-order valence-corrected chi connectivity index (χ3v) is 5.06. The third-order valence-electron chi connectivity index (χ3n) is 4.57. The Morgan fingerprint density at radius 3 is 2.76 bits per heavy atom. The fraction of sp³-hybridized carbons (Fsp3) is 0.286. The molecule has 1 aromatic heterocycles. The molecule has 3 aromatic rings. The van der Waals surface area contributed by atoms with Crippen molar-refractivity contribution in [1.82, 2.24) is 14.9 Å². The van der Waals surface area contributed by atoms with E-state index in [-0.39, 0.29) is 24.4 Å². The summed E-state index contributed by atoms with van der Waals surface area (Å²) in [7, 11) is 3.22. The third kappa shape index (κ3) is 5.14. The topological polar surface area (TPSA) is 82.4 Å². The molecule has 0 atom stereocenters. The van der Waals surface area contributed by atoms with Crippen LogP contribution in [0.1, 0.15) is 12.0 Å². The van der Waals surface area contributed by atoms with E-state index in [1.165, 1.54) is 10.9 Å². The molecule has 0 radical (unpaired) electrons. The minimum absolute atomic E-state index is 0.131. The number of ether oxygens (including phenoxy) is 2. The van der Waals surface area contributed by atoms with Crippen molar-refractivity contribution in [1.29, 1.82) is 0 Å². The first-order chi connectivity index (χ1) is 14.0. The van der Waals surface area contributed by atoms with Gasteiger partial charge in [-0.3, -0.25) is 14.2 Å². The highest BCUT2D eigenvalue weighted by Gasteiger charge is 2.09. The summed E-state index contributed by atoms with van der Waals surface area (Å²) in [6, 6.07) is 10.9. The number of aryl methyl sites for hydroxylation is 1. The van der Waals surface area contributed by atoms with E-state index in [0.717, 1.165) is 21.5 Å². The standard InChI is InChI=1S/C21H22BrN3O4/c1-28-16-4-6-19(29-2)14(11-16)7-9-23-20(26)8-10-25-13-24-18-5-3-15(22)12-17(18)21(25)27/h3-6,11-13H,7-10H2,1-2H3,(H,23,26). The average Bonchev–Trinajstić information content (AvgIpc) is 2.73. The molecule has 0 spiro atoms. The van der Waals surface area contributed by atoms with Gasteiger partial charge in [0.05, 0.1) is 31.4 Å². The molecule has 2 aromatic carbocycles. The van der Waals surface area contributed by atoms with Gasteiger partial charge in [-0.15, -0.1) is 0 Å². The summed E-state index contributed by atoms with van der Waals surface area (Å²) in [6.07, 6.45) is 2.28. The second-order valence-electron chi connectivity index (χ2n) is 6.43. The van der Waals surface area contributed by atoms with E-state index in [2.05, 4.69) is 26.2 Å². The Balaban J connectivity index is 1.56. The van der Waals surface area contributed by atoms with Crippen molar-refractivity contribution in [2.45, 2.75) is 19.4 Å². The van der Waals surface area contributed by atoms with Gasteiger partial charge >= 0.3 is 0 Å². The molecule has 0 fully saturated rings. The van der Waals surface area contributed by atoms with Crippen molar-refractivity contribution in [2.24, 2.45) is 0 Å². The molecule has 7 nitrogen and oxygen atoms in total. The number of hydrogen-bond acceptors (Lipinski definition) is 5. The first-order valence-corrected chi connectivity index (χ1v) is 9.93. The van der Waals surface area contributed by atoms with E-state index >= 15 is 0 Å². The summed E-state index contributed by atoms with van der Waals surface area (Å²) < 4.78 is 12.9. The number of hydrogen-bond donors (Lipinski definition) is 1. The normalized spacial score (nSPS) is 10.7. The predicted octanol–water partition coefficient (Wildman–Crippen LogP) is 2.93. The highest BCUT2D eigenvalue weighted by atomic mass is 79.9. The Morgan fingerprint density at radius 2 is 2.00 bits per heavy atom. The number of methoxy groups -OCH3 is 2. The van der Waals surface area contributed by atoms with Gasteiger partial charge in [0.2, 0.25) is 5.91 Å². The number of aromatic nitrogens is 2. The second-order valence-corrected chi connectivity index (χ2v) is 7.35. The SMILES string of the molecule is COc1ccc(OC)c(CCNC(=O)CCn2cnc3ccc(Br)cc3c2=O)c1. The van der Waals surface area contributed by atoms with Crippen molar-refractivity contribution >= 4 is 32.7 Å². The number of nitrogens with zero attached hydrogens (tertiary/aromatic N) is 2. The number of halogens is 1. The van der Waals surface area contributed by atoms with E-state index in [9.17, 15) is 9.59 Å². The number of fused-ring (bicyclic) bond motifs is 1. The van der Waals surface area contributed by atoms with Crippen molar-refractivity contribution in [3.05, 3.63) is 63.1 Å². The summed E-state index contributed by atoms with van der Waals surface area (Å²) in [5, 5.41) is 3.40. The molecule has 0 saturated carbocycles. The Bertz CT molecular complexity index is 1080. The van der Waals surface area contributed by atoms with Gasteiger partial charge in [0.25, 0.3) is 5.56 Å². The van der Waals surface area contributed by atoms with Crippen LogP contribution in [0.3, 0.4) is 0 Å². The van der Waals surface area contributed by atoms with Crippen molar-refractivity contribution in [3.63, 3.8) is 0 Å². The molecule has 0 aliphatic rings. The number of carbonyl (C=O) groups excluding carboxylic acids is 1. The van der Waals surface area contributed by atoms with Crippen LogP contribution >= 0.6 is 15.9 Å². The summed E-state index contributed by atoms with van der Waals surface area (Å²) >= 11 is 3.36. The average molecular weight is 460 g/mol. The fourth-order valence-corrected chi connectivity index (χ4v) is 3.38. The summed E-state index contributed by atoms with van der Waals surface area (Å²) in [5.74, 6) is 1.36. The Kier molecular flexibility index (Phi) is 6.87. The molecule has 1 amide bonds. The zero-order valence-corrected chi connectivity index (χ0v) is 17.9. The van der Waals surface area contributed by atoms with Crippen LogP contribution < -0.4 is 20.3 Å². The molecule has 0 aliphatic carbocycles. The lowest BCUT2D eigenvalue weighted by Crippen LogP contribution is -2.29. The zero-order valence-electron chi connectivity index (χ0n) is 16.3.